The lowest BCUT2D eigenvalue weighted by atomic mass is 10.0. The molecule has 3 heteroatoms. The summed E-state index contributed by atoms with van der Waals surface area (Å²) >= 11 is 0. The van der Waals surface area contributed by atoms with Crippen molar-refractivity contribution in [3.8, 4) is 0 Å². The molecule has 3 nitrogen and oxygen atoms in total. The predicted octanol–water partition coefficient (Wildman–Crippen LogP) is 2.76. The van der Waals surface area contributed by atoms with E-state index in [2.05, 4.69) is 41.4 Å². The van der Waals surface area contributed by atoms with E-state index in [4.69, 9.17) is 0 Å². The van der Waals surface area contributed by atoms with Gasteiger partial charge < -0.3 is 4.90 Å². The normalized spacial score (nSPS) is 28.3. The molecule has 1 aromatic rings. The van der Waals surface area contributed by atoms with Gasteiger partial charge in [-0.1, -0.05) is 37.1 Å². The summed E-state index contributed by atoms with van der Waals surface area (Å²) in [4.78, 5) is 14.6. The molecule has 0 bridgehead atoms. The van der Waals surface area contributed by atoms with Crippen molar-refractivity contribution in [1.82, 2.24) is 10.2 Å². The van der Waals surface area contributed by atoms with E-state index in [0.29, 0.717) is 6.04 Å². The number of amides is 1. The number of carbonyl (C=O) groups excluding carboxylic acids is 1. The molecule has 3 rings (SSSR count). The molecule has 2 atom stereocenters. The fraction of sp³-hybridized carbons (Fsp3) is 0.562. The monoisotopic (exact) mass is 258 g/mol. The van der Waals surface area contributed by atoms with Crippen LogP contribution in [0.4, 0.5) is 0 Å². The maximum absolute atomic E-state index is 12.5. The Morgan fingerprint density at radius 3 is 2.58 bits per heavy atom. The second-order valence-electron chi connectivity index (χ2n) is 5.83. The van der Waals surface area contributed by atoms with Gasteiger partial charge >= 0.3 is 0 Å². The Bertz CT molecular complexity index is 479. The van der Waals surface area contributed by atoms with Crippen LogP contribution < -0.4 is 5.32 Å². The third-order valence-electron chi connectivity index (χ3n) is 4.51. The molecule has 2 fully saturated rings. The molecule has 1 aromatic carbocycles. The Labute approximate surface area is 115 Å². The minimum atomic E-state index is -0.0646. The van der Waals surface area contributed by atoms with Crippen LogP contribution in [0, 0.1) is 6.92 Å². The van der Waals surface area contributed by atoms with Crippen molar-refractivity contribution < 1.29 is 4.79 Å². The Morgan fingerprint density at radius 2 is 1.89 bits per heavy atom. The second kappa shape index (κ2) is 4.97. The number of hydrogen-bond acceptors (Lipinski definition) is 2. The Morgan fingerprint density at radius 1 is 1.21 bits per heavy atom. The van der Waals surface area contributed by atoms with Crippen LogP contribution in [0.15, 0.2) is 24.3 Å². The van der Waals surface area contributed by atoms with Crippen LogP contribution in [-0.4, -0.2) is 22.9 Å². The molecule has 0 radical (unpaired) electrons. The summed E-state index contributed by atoms with van der Waals surface area (Å²) < 4.78 is 0. The lowest BCUT2D eigenvalue weighted by molar-refractivity contribution is -0.132. The van der Waals surface area contributed by atoms with Crippen LogP contribution in [0.3, 0.4) is 0 Å². The number of rotatable bonds is 2. The van der Waals surface area contributed by atoms with E-state index in [1.165, 1.54) is 24.0 Å². The van der Waals surface area contributed by atoms with Gasteiger partial charge in [-0.3, -0.25) is 10.1 Å². The lowest BCUT2D eigenvalue weighted by Crippen LogP contribution is -2.38. The average molecular weight is 258 g/mol. The van der Waals surface area contributed by atoms with Crippen molar-refractivity contribution in [1.29, 1.82) is 0 Å². The molecular weight excluding hydrogens is 236 g/mol. The van der Waals surface area contributed by atoms with E-state index >= 15 is 0 Å². The summed E-state index contributed by atoms with van der Waals surface area (Å²) in [5, 5.41) is 3.46. The van der Waals surface area contributed by atoms with E-state index in [1.807, 2.05) is 6.92 Å². The number of hydrogen-bond donors (Lipinski definition) is 1. The summed E-state index contributed by atoms with van der Waals surface area (Å²) in [6.07, 6.45) is 4.88. The van der Waals surface area contributed by atoms with Crippen LogP contribution in [0.25, 0.3) is 0 Å². The Hall–Kier alpha value is -1.35. The fourth-order valence-corrected chi connectivity index (χ4v) is 3.45. The lowest BCUT2D eigenvalue weighted by Gasteiger charge is -2.31. The Kier molecular flexibility index (Phi) is 3.31. The van der Waals surface area contributed by atoms with Gasteiger partial charge in [0.25, 0.3) is 0 Å². The highest BCUT2D eigenvalue weighted by molar-refractivity contribution is 5.84. The molecule has 0 aromatic heterocycles. The van der Waals surface area contributed by atoms with Gasteiger partial charge in [-0.05, 0) is 37.8 Å². The van der Waals surface area contributed by atoms with Gasteiger partial charge in [0, 0.05) is 6.04 Å². The van der Waals surface area contributed by atoms with Gasteiger partial charge in [0.2, 0.25) is 5.91 Å². The third-order valence-corrected chi connectivity index (χ3v) is 4.51. The molecule has 2 unspecified atom stereocenters. The van der Waals surface area contributed by atoms with Gasteiger partial charge in [-0.2, -0.15) is 0 Å². The molecule has 1 saturated carbocycles. The zero-order valence-electron chi connectivity index (χ0n) is 11.7. The van der Waals surface area contributed by atoms with E-state index in [-0.39, 0.29) is 18.1 Å². The summed E-state index contributed by atoms with van der Waals surface area (Å²) in [7, 11) is 0. The molecule has 0 spiro atoms. The molecule has 102 valence electrons. The number of nitrogens with one attached hydrogen (secondary N) is 1. The Balaban J connectivity index is 1.94. The standard InChI is InChI=1S/C16H22N2O/c1-11-7-3-6-10-14(11)15-17-12(2)16(19)18(15)13-8-4-5-9-13/h3,6-7,10,12-13,15,17H,4-5,8-9H2,1-2H3. The summed E-state index contributed by atoms with van der Waals surface area (Å²) in [6.45, 7) is 4.10. The van der Waals surface area contributed by atoms with Gasteiger partial charge in [-0.25, -0.2) is 0 Å². The molecule has 2 aliphatic rings. The summed E-state index contributed by atoms with van der Waals surface area (Å²) in [6, 6.07) is 8.74. The molecule has 1 aliphatic heterocycles. The first-order valence-corrected chi connectivity index (χ1v) is 7.32. The first-order chi connectivity index (χ1) is 9.18. The SMILES string of the molecule is Cc1ccccc1C1NC(C)C(=O)N1C1CCCC1. The molecule has 1 amide bonds. The number of benzene rings is 1. The first kappa shape index (κ1) is 12.7. The van der Waals surface area contributed by atoms with Crippen LogP contribution in [0.1, 0.15) is 49.9 Å². The molecule has 1 saturated heterocycles. The maximum atomic E-state index is 12.5. The highest BCUT2D eigenvalue weighted by Gasteiger charge is 2.42. The van der Waals surface area contributed by atoms with Gasteiger partial charge in [0.1, 0.15) is 6.17 Å². The average Bonchev–Trinajstić information content (AvgIpc) is 3.00. The largest absolute Gasteiger partial charge is 0.319 e. The van der Waals surface area contributed by atoms with E-state index in [1.54, 1.807) is 0 Å². The van der Waals surface area contributed by atoms with Crippen LogP contribution in [0.2, 0.25) is 0 Å². The minimum Gasteiger partial charge on any atom is -0.319 e. The quantitative estimate of drug-likeness (QED) is 0.884. The summed E-state index contributed by atoms with van der Waals surface area (Å²) in [5.74, 6) is 0.264. The summed E-state index contributed by atoms with van der Waals surface area (Å²) in [5.41, 5.74) is 2.50. The molecule has 19 heavy (non-hydrogen) atoms. The van der Waals surface area contributed by atoms with E-state index < -0.39 is 0 Å². The molecule has 1 N–H and O–H groups in total. The third kappa shape index (κ3) is 2.16. The van der Waals surface area contributed by atoms with Gasteiger partial charge in [-0.15, -0.1) is 0 Å². The second-order valence-corrected chi connectivity index (χ2v) is 5.83. The van der Waals surface area contributed by atoms with Crippen molar-refractivity contribution in [3.63, 3.8) is 0 Å². The van der Waals surface area contributed by atoms with Crippen molar-refractivity contribution in [2.45, 2.75) is 57.8 Å². The van der Waals surface area contributed by atoms with Crippen molar-refractivity contribution in [3.05, 3.63) is 35.4 Å². The van der Waals surface area contributed by atoms with Crippen LogP contribution in [0.5, 0.6) is 0 Å². The zero-order chi connectivity index (χ0) is 13.4. The van der Waals surface area contributed by atoms with Crippen molar-refractivity contribution in [2.75, 3.05) is 0 Å². The smallest absolute Gasteiger partial charge is 0.241 e. The fourth-order valence-electron chi connectivity index (χ4n) is 3.45. The predicted molar refractivity (Wildman–Crippen MR) is 75.6 cm³/mol. The number of aryl methyl sites for hydroxylation is 1. The van der Waals surface area contributed by atoms with Crippen molar-refractivity contribution >= 4 is 5.91 Å². The maximum Gasteiger partial charge on any atom is 0.241 e. The minimum absolute atomic E-state index is 0.0619. The van der Waals surface area contributed by atoms with Gasteiger partial charge in [0.15, 0.2) is 0 Å². The van der Waals surface area contributed by atoms with E-state index in [0.717, 1.165) is 12.8 Å². The highest BCUT2D eigenvalue weighted by Crippen LogP contribution is 2.35. The molecule has 1 aliphatic carbocycles. The van der Waals surface area contributed by atoms with Gasteiger partial charge in [0.05, 0.1) is 6.04 Å². The van der Waals surface area contributed by atoms with Crippen LogP contribution in [-0.2, 0) is 4.79 Å². The molecule has 1 heterocycles. The molecular formula is C16H22N2O. The highest BCUT2D eigenvalue weighted by atomic mass is 16.2. The number of carbonyl (C=O) groups is 1. The number of nitrogens with zero attached hydrogens (tertiary/aromatic N) is 1. The van der Waals surface area contributed by atoms with E-state index in [9.17, 15) is 4.79 Å². The topological polar surface area (TPSA) is 32.3 Å². The first-order valence-electron chi connectivity index (χ1n) is 7.32. The zero-order valence-corrected chi connectivity index (χ0v) is 11.7. The van der Waals surface area contributed by atoms with Crippen molar-refractivity contribution in [2.24, 2.45) is 0 Å². The van der Waals surface area contributed by atoms with Crippen LogP contribution >= 0.6 is 0 Å².